The Balaban J connectivity index is 2.49. The van der Waals surface area contributed by atoms with Crippen LogP contribution < -0.4 is 4.74 Å². The van der Waals surface area contributed by atoms with Crippen molar-refractivity contribution in [1.82, 2.24) is 0 Å². The van der Waals surface area contributed by atoms with E-state index in [0.29, 0.717) is 11.3 Å². The molecule has 0 fully saturated rings. The van der Waals surface area contributed by atoms with E-state index >= 15 is 0 Å². The van der Waals surface area contributed by atoms with Crippen molar-refractivity contribution in [3.63, 3.8) is 0 Å². The summed E-state index contributed by atoms with van der Waals surface area (Å²) >= 11 is 9.55. The largest absolute Gasteiger partial charge is 0.496 e. The molecule has 1 nitrogen and oxygen atoms in total. The van der Waals surface area contributed by atoms with Crippen LogP contribution in [0, 0.1) is 11.6 Å². The van der Waals surface area contributed by atoms with Gasteiger partial charge in [-0.05, 0) is 30.3 Å². The van der Waals surface area contributed by atoms with E-state index in [1.165, 1.54) is 7.11 Å². The number of alkyl halides is 1. The van der Waals surface area contributed by atoms with Gasteiger partial charge in [0.1, 0.15) is 17.4 Å². The first kappa shape index (κ1) is 14.3. The molecule has 19 heavy (non-hydrogen) atoms. The molecular formula is C14H10BrClF2O. The third-order valence-corrected chi connectivity index (χ3v) is 3.66. The number of rotatable bonds is 3. The van der Waals surface area contributed by atoms with Gasteiger partial charge in [0.25, 0.3) is 0 Å². The maximum Gasteiger partial charge on any atom is 0.128 e. The topological polar surface area (TPSA) is 9.23 Å². The number of hydrogen-bond donors (Lipinski definition) is 0. The monoisotopic (exact) mass is 346 g/mol. The molecule has 0 amide bonds. The van der Waals surface area contributed by atoms with Crippen LogP contribution in [0.25, 0.3) is 0 Å². The molecule has 0 bridgehead atoms. The van der Waals surface area contributed by atoms with Crippen molar-refractivity contribution in [3.05, 3.63) is 63.6 Å². The standard InChI is InChI=1S/C14H10BrClF2O/c1-19-13-6-8(15)2-4-10(13)14(16)11-7-9(17)3-5-12(11)18/h2-7,14H,1H3. The molecule has 0 heterocycles. The van der Waals surface area contributed by atoms with Crippen LogP contribution in [0.4, 0.5) is 8.78 Å². The summed E-state index contributed by atoms with van der Waals surface area (Å²) in [6.45, 7) is 0. The van der Waals surface area contributed by atoms with Crippen LogP contribution in [0.5, 0.6) is 5.75 Å². The van der Waals surface area contributed by atoms with Crippen molar-refractivity contribution in [2.24, 2.45) is 0 Å². The number of ether oxygens (including phenoxy) is 1. The summed E-state index contributed by atoms with van der Waals surface area (Å²) in [5, 5.41) is -0.821. The van der Waals surface area contributed by atoms with Crippen LogP contribution >= 0.6 is 27.5 Å². The van der Waals surface area contributed by atoms with Gasteiger partial charge in [0.2, 0.25) is 0 Å². The molecule has 5 heteroatoms. The van der Waals surface area contributed by atoms with Crippen molar-refractivity contribution in [1.29, 1.82) is 0 Å². The minimum absolute atomic E-state index is 0.0855. The quantitative estimate of drug-likeness (QED) is 0.705. The Morgan fingerprint density at radius 3 is 2.53 bits per heavy atom. The maximum absolute atomic E-state index is 13.7. The molecule has 2 aromatic rings. The van der Waals surface area contributed by atoms with Crippen LogP contribution in [0.1, 0.15) is 16.5 Å². The molecule has 100 valence electrons. The minimum Gasteiger partial charge on any atom is -0.496 e. The normalized spacial score (nSPS) is 12.3. The molecule has 1 unspecified atom stereocenters. The zero-order valence-corrected chi connectivity index (χ0v) is 12.3. The Bertz CT molecular complexity index is 604. The van der Waals surface area contributed by atoms with E-state index in [0.717, 1.165) is 22.7 Å². The van der Waals surface area contributed by atoms with E-state index in [1.54, 1.807) is 18.2 Å². The summed E-state index contributed by atoms with van der Waals surface area (Å²) in [6.07, 6.45) is 0. The second-order valence-electron chi connectivity index (χ2n) is 3.91. The van der Waals surface area contributed by atoms with Gasteiger partial charge in [-0.3, -0.25) is 0 Å². The van der Waals surface area contributed by atoms with Crippen LogP contribution in [-0.2, 0) is 0 Å². The fourth-order valence-corrected chi connectivity index (χ4v) is 2.46. The highest BCUT2D eigenvalue weighted by Crippen LogP contribution is 2.37. The maximum atomic E-state index is 13.7. The first-order chi connectivity index (χ1) is 9.02. The summed E-state index contributed by atoms with van der Waals surface area (Å²) in [7, 11) is 1.50. The third-order valence-electron chi connectivity index (χ3n) is 2.70. The van der Waals surface area contributed by atoms with E-state index in [2.05, 4.69) is 15.9 Å². The van der Waals surface area contributed by atoms with Gasteiger partial charge in [0, 0.05) is 15.6 Å². The highest BCUT2D eigenvalue weighted by molar-refractivity contribution is 9.10. The van der Waals surface area contributed by atoms with Gasteiger partial charge in [0.15, 0.2) is 0 Å². The molecular weight excluding hydrogens is 338 g/mol. The van der Waals surface area contributed by atoms with Crippen LogP contribution in [0.3, 0.4) is 0 Å². The predicted octanol–water partition coefficient (Wildman–Crippen LogP) is 5.06. The van der Waals surface area contributed by atoms with Crippen molar-refractivity contribution < 1.29 is 13.5 Å². The first-order valence-electron chi connectivity index (χ1n) is 5.45. The smallest absolute Gasteiger partial charge is 0.128 e. The van der Waals surface area contributed by atoms with Gasteiger partial charge in [-0.15, -0.1) is 11.6 Å². The fraction of sp³-hybridized carbons (Fsp3) is 0.143. The molecule has 1 atom stereocenters. The first-order valence-corrected chi connectivity index (χ1v) is 6.68. The van der Waals surface area contributed by atoms with Gasteiger partial charge >= 0.3 is 0 Å². The zero-order chi connectivity index (χ0) is 14.0. The molecule has 0 aliphatic carbocycles. The lowest BCUT2D eigenvalue weighted by atomic mass is 10.0. The lowest BCUT2D eigenvalue weighted by Crippen LogP contribution is -2.00. The average Bonchev–Trinajstić information content (AvgIpc) is 2.40. The van der Waals surface area contributed by atoms with Crippen molar-refractivity contribution in [3.8, 4) is 5.75 Å². The van der Waals surface area contributed by atoms with E-state index in [1.807, 2.05) is 0 Å². The summed E-state index contributed by atoms with van der Waals surface area (Å²) in [6, 6.07) is 8.42. The fourth-order valence-electron chi connectivity index (χ4n) is 1.77. The highest BCUT2D eigenvalue weighted by Gasteiger charge is 2.19. The molecule has 0 spiro atoms. The molecule has 2 aromatic carbocycles. The van der Waals surface area contributed by atoms with Gasteiger partial charge in [-0.2, -0.15) is 0 Å². The Kier molecular flexibility index (Phi) is 4.42. The van der Waals surface area contributed by atoms with E-state index in [9.17, 15) is 8.78 Å². The molecule has 0 aromatic heterocycles. The second kappa shape index (κ2) is 5.88. The van der Waals surface area contributed by atoms with Gasteiger partial charge in [-0.1, -0.05) is 22.0 Å². The van der Waals surface area contributed by atoms with Gasteiger partial charge in [0.05, 0.1) is 12.5 Å². The van der Waals surface area contributed by atoms with Crippen LogP contribution in [-0.4, -0.2) is 7.11 Å². The van der Waals surface area contributed by atoms with E-state index in [-0.39, 0.29) is 5.56 Å². The number of halogens is 4. The molecule has 0 saturated heterocycles. The Hall–Kier alpha value is -1.13. The Morgan fingerprint density at radius 1 is 1.11 bits per heavy atom. The SMILES string of the molecule is COc1cc(Br)ccc1C(Cl)c1cc(F)ccc1F. The lowest BCUT2D eigenvalue weighted by Gasteiger charge is -2.15. The summed E-state index contributed by atoms with van der Waals surface area (Å²) < 4.78 is 32.9. The Labute approximate surface area is 123 Å². The van der Waals surface area contributed by atoms with E-state index in [4.69, 9.17) is 16.3 Å². The molecule has 0 aliphatic heterocycles. The number of benzene rings is 2. The van der Waals surface area contributed by atoms with Crippen molar-refractivity contribution in [2.45, 2.75) is 5.38 Å². The van der Waals surface area contributed by atoms with E-state index < -0.39 is 17.0 Å². The molecule has 0 N–H and O–H groups in total. The predicted molar refractivity (Wildman–Crippen MR) is 74.7 cm³/mol. The third kappa shape index (κ3) is 3.07. The lowest BCUT2D eigenvalue weighted by molar-refractivity contribution is 0.409. The number of methoxy groups -OCH3 is 1. The molecule has 2 rings (SSSR count). The van der Waals surface area contributed by atoms with Gasteiger partial charge < -0.3 is 4.74 Å². The zero-order valence-electron chi connectivity index (χ0n) is 9.96. The number of hydrogen-bond acceptors (Lipinski definition) is 1. The highest BCUT2D eigenvalue weighted by atomic mass is 79.9. The van der Waals surface area contributed by atoms with Crippen LogP contribution in [0.15, 0.2) is 40.9 Å². The minimum atomic E-state index is -0.821. The van der Waals surface area contributed by atoms with Crippen molar-refractivity contribution in [2.75, 3.05) is 7.11 Å². The summed E-state index contributed by atoms with van der Waals surface area (Å²) in [5.41, 5.74) is 0.666. The average molecular weight is 348 g/mol. The Morgan fingerprint density at radius 2 is 1.84 bits per heavy atom. The van der Waals surface area contributed by atoms with Crippen LogP contribution in [0.2, 0.25) is 0 Å². The molecule has 0 radical (unpaired) electrons. The summed E-state index contributed by atoms with van der Waals surface area (Å²) in [5.74, 6) is -0.567. The molecule has 0 aliphatic rings. The van der Waals surface area contributed by atoms with Crippen molar-refractivity contribution >= 4 is 27.5 Å². The van der Waals surface area contributed by atoms with Gasteiger partial charge in [-0.25, -0.2) is 8.78 Å². The molecule has 0 saturated carbocycles. The summed E-state index contributed by atoms with van der Waals surface area (Å²) in [4.78, 5) is 0. The second-order valence-corrected chi connectivity index (χ2v) is 5.27.